The molecule has 3 rings (SSSR count). The van der Waals surface area contributed by atoms with E-state index in [1.807, 2.05) is 0 Å². The molecule has 0 unspecified atom stereocenters. The molecule has 22 heavy (non-hydrogen) atoms. The molecule has 0 saturated carbocycles. The number of rotatable bonds is 3. The van der Waals surface area contributed by atoms with Crippen molar-refractivity contribution in [1.82, 2.24) is 19.6 Å². The monoisotopic (exact) mass is 302 g/mol. The number of ether oxygens (including phenoxy) is 1. The van der Waals surface area contributed by atoms with Crippen molar-refractivity contribution in [3.8, 4) is 0 Å². The fraction of sp³-hybridized carbons (Fsp3) is 0.167. The molecular weight excluding hydrogens is 292 g/mol. The van der Waals surface area contributed by atoms with Crippen molar-refractivity contribution in [2.45, 2.75) is 6.92 Å². The number of hydrogen-bond donors (Lipinski definition) is 1. The summed E-state index contributed by atoms with van der Waals surface area (Å²) in [4.78, 5) is 30.0. The third kappa shape index (κ3) is 2.06. The van der Waals surface area contributed by atoms with Crippen molar-refractivity contribution in [1.29, 1.82) is 0 Å². The van der Waals surface area contributed by atoms with E-state index in [0.717, 1.165) is 6.20 Å². The Morgan fingerprint density at radius 1 is 1.50 bits per heavy atom. The Hall–Kier alpha value is -3.30. The topological polar surface area (TPSA) is 139 Å². The molecule has 0 atom stereocenters. The highest BCUT2D eigenvalue weighted by molar-refractivity contribution is 5.92. The Kier molecular flexibility index (Phi) is 3.05. The van der Waals surface area contributed by atoms with Gasteiger partial charge in [-0.15, -0.1) is 0 Å². The van der Waals surface area contributed by atoms with Gasteiger partial charge >= 0.3 is 5.97 Å². The summed E-state index contributed by atoms with van der Waals surface area (Å²) in [5, 5.41) is 15.1. The van der Waals surface area contributed by atoms with E-state index in [4.69, 9.17) is 10.5 Å². The van der Waals surface area contributed by atoms with Crippen molar-refractivity contribution >= 4 is 34.2 Å². The number of nitrogens with zero attached hydrogens (tertiary/aromatic N) is 5. The quantitative estimate of drug-likeness (QED) is 0.428. The van der Waals surface area contributed by atoms with Crippen LogP contribution in [0.2, 0.25) is 0 Å². The van der Waals surface area contributed by atoms with Gasteiger partial charge in [0.25, 0.3) is 5.69 Å². The van der Waals surface area contributed by atoms with E-state index in [1.54, 1.807) is 6.92 Å². The van der Waals surface area contributed by atoms with Crippen molar-refractivity contribution in [2.75, 3.05) is 12.3 Å². The van der Waals surface area contributed by atoms with Crippen LogP contribution in [-0.4, -0.2) is 37.1 Å². The van der Waals surface area contributed by atoms with Gasteiger partial charge in [0.05, 0.1) is 16.9 Å². The molecule has 112 valence electrons. The lowest BCUT2D eigenvalue weighted by Gasteiger charge is -2.03. The van der Waals surface area contributed by atoms with Gasteiger partial charge < -0.3 is 10.5 Å². The molecule has 0 aliphatic heterocycles. The maximum atomic E-state index is 11.7. The number of fused-ring (bicyclic) bond motifs is 2. The highest BCUT2D eigenvalue weighted by Crippen LogP contribution is 2.23. The van der Waals surface area contributed by atoms with E-state index < -0.39 is 10.9 Å². The lowest BCUT2D eigenvalue weighted by Crippen LogP contribution is -2.07. The fourth-order valence-electron chi connectivity index (χ4n) is 1.98. The fourth-order valence-corrected chi connectivity index (χ4v) is 1.98. The SMILES string of the molecule is CCOC(=O)c1cc2nc3ncc([N+](=O)[O-])cc3c(N)n2n1. The summed E-state index contributed by atoms with van der Waals surface area (Å²) < 4.78 is 6.08. The van der Waals surface area contributed by atoms with Crippen LogP contribution in [-0.2, 0) is 4.74 Å². The number of anilines is 1. The van der Waals surface area contributed by atoms with Crippen molar-refractivity contribution in [2.24, 2.45) is 0 Å². The van der Waals surface area contributed by atoms with Gasteiger partial charge in [-0.3, -0.25) is 10.1 Å². The summed E-state index contributed by atoms with van der Waals surface area (Å²) in [5.74, 6) is -0.498. The normalized spacial score (nSPS) is 11.0. The number of esters is 1. The van der Waals surface area contributed by atoms with Gasteiger partial charge in [0.1, 0.15) is 12.0 Å². The Labute approximate surface area is 122 Å². The largest absolute Gasteiger partial charge is 0.461 e. The number of pyridine rings is 1. The molecule has 0 saturated heterocycles. The number of carbonyl (C=O) groups excluding carboxylic acids is 1. The maximum Gasteiger partial charge on any atom is 0.358 e. The Morgan fingerprint density at radius 3 is 2.95 bits per heavy atom. The third-order valence-corrected chi connectivity index (χ3v) is 2.96. The standard InChI is InChI=1S/C12H10N6O4/c1-2-22-12(19)8-4-9-15-11-7(10(13)17(9)16-8)3-6(5-14-11)18(20)21/h3-5H,2,13H2,1H3. The smallest absolute Gasteiger partial charge is 0.358 e. The van der Waals surface area contributed by atoms with E-state index >= 15 is 0 Å². The molecule has 0 aliphatic rings. The van der Waals surface area contributed by atoms with E-state index in [1.165, 1.54) is 16.6 Å². The molecule has 0 fully saturated rings. The second-order valence-corrected chi connectivity index (χ2v) is 4.34. The van der Waals surface area contributed by atoms with Gasteiger partial charge in [0.2, 0.25) is 0 Å². The van der Waals surface area contributed by atoms with Crippen molar-refractivity contribution in [3.05, 3.63) is 34.1 Å². The molecule has 2 N–H and O–H groups in total. The van der Waals surface area contributed by atoms with Gasteiger partial charge in [-0.2, -0.15) is 9.61 Å². The lowest BCUT2D eigenvalue weighted by molar-refractivity contribution is -0.385. The third-order valence-electron chi connectivity index (χ3n) is 2.96. The molecule has 0 aromatic carbocycles. The molecule has 10 nitrogen and oxygen atoms in total. The van der Waals surface area contributed by atoms with Crippen LogP contribution in [0.15, 0.2) is 18.3 Å². The number of nitrogens with two attached hydrogens (primary N) is 1. The molecule has 3 heterocycles. The molecule has 0 radical (unpaired) electrons. The Balaban J connectivity index is 2.24. The first-order chi connectivity index (χ1) is 10.5. The lowest BCUT2D eigenvalue weighted by atomic mass is 10.3. The van der Waals surface area contributed by atoms with Crippen LogP contribution in [0.3, 0.4) is 0 Å². The second-order valence-electron chi connectivity index (χ2n) is 4.34. The molecule has 10 heteroatoms. The molecule has 3 aromatic rings. The average molecular weight is 302 g/mol. The van der Waals surface area contributed by atoms with E-state index in [9.17, 15) is 14.9 Å². The van der Waals surface area contributed by atoms with Crippen LogP contribution in [0.25, 0.3) is 16.7 Å². The predicted molar refractivity (Wildman–Crippen MR) is 75.3 cm³/mol. The molecule has 3 aromatic heterocycles. The number of nitrogen functional groups attached to an aromatic ring is 1. The van der Waals surface area contributed by atoms with Gasteiger partial charge in [0.15, 0.2) is 17.0 Å². The highest BCUT2D eigenvalue weighted by atomic mass is 16.6. The van der Waals surface area contributed by atoms with E-state index in [-0.39, 0.29) is 34.8 Å². The molecular formula is C12H10N6O4. The maximum absolute atomic E-state index is 11.7. The van der Waals surface area contributed by atoms with E-state index in [2.05, 4.69) is 15.1 Å². The minimum atomic E-state index is -0.601. The number of aromatic nitrogens is 4. The van der Waals surface area contributed by atoms with Crippen molar-refractivity contribution < 1.29 is 14.5 Å². The average Bonchev–Trinajstić information content (AvgIpc) is 2.91. The second kappa shape index (κ2) is 4.91. The first-order valence-electron chi connectivity index (χ1n) is 6.27. The Morgan fingerprint density at radius 2 is 2.27 bits per heavy atom. The first-order valence-corrected chi connectivity index (χ1v) is 6.27. The summed E-state index contributed by atoms with van der Waals surface area (Å²) in [6, 6.07) is 2.67. The van der Waals surface area contributed by atoms with Crippen LogP contribution < -0.4 is 5.73 Å². The molecule has 0 spiro atoms. The zero-order valence-corrected chi connectivity index (χ0v) is 11.4. The zero-order valence-electron chi connectivity index (χ0n) is 11.4. The van der Waals surface area contributed by atoms with E-state index in [0.29, 0.717) is 5.65 Å². The van der Waals surface area contributed by atoms with Crippen LogP contribution in [0.4, 0.5) is 11.5 Å². The van der Waals surface area contributed by atoms with Gasteiger partial charge in [-0.05, 0) is 6.92 Å². The predicted octanol–water partition coefficient (Wildman–Crippen LogP) is 0.945. The minimum Gasteiger partial charge on any atom is -0.461 e. The van der Waals surface area contributed by atoms with Gasteiger partial charge in [-0.25, -0.2) is 14.8 Å². The van der Waals surface area contributed by atoms with Crippen LogP contribution in [0.5, 0.6) is 0 Å². The molecule has 0 aliphatic carbocycles. The summed E-state index contributed by atoms with van der Waals surface area (Å²) in [7, 11) is 0. The first kappa shape index (κ1) is 13.7. The summed E-state index contributed by atoms with van der Waals surface area (Å²) in [5.41, 5.74) is 6.32. The summed E-state index contributed by atoms with van der Waals surface area (Å²) in [6.45, 7) is 1.89. The van der Waals surface area contributed by atoms with Crippen molar-refractivity contribution in [3.63, 3.8) is 0 Å². The summed E-state index contributed by atoms with van der Waals surface area (Å²) in [6.07, 6.45) is 1.09. The number of carbonyl (C=O) groups is 1. The van der Waals surface area contributed by atoms with Gasteiger partial charge in [0, 0.05) is 12.1 Å². The number of nitro groups is 1. The number of hydrogen-bond acceptors (Lipinski definition) is 8. The highest BCUT2D eigenvalue weighted by Gasteiger charge is 2.17. The van der Waals surface area contributed by atoms with Crippen LogP contribution in [0, 0.1) is 10.1 Å². The molecule has 0 amide bonds. The Bertz CT molecular complexity index is 919. The zero-order chi connectivity index (χ0) is 15.9. The summed E-state index contributed by atoms with van der Waals surface area (Å²) >= 11 is 0. The molecule has 0 bridgehead atoms. The van der Waals surface area contributed by atoms with Gasteiger partial charge in [-0.1, -0.05) is 0 Å². The van der Waals surface area contributed by atoms with Crippen LogP contribution >= 0.6 is 0 Å². The van der Waals surface area contributed by atoms with Crippen LogP contribution in [0.1, 0.15) is 17.4 Å². The minimum absolute atomic E-state index is 0.0471.